The molecule has 0 radical (unpaired) electrons. The summed E-state index contributed by atoms with van der Waals surface area (Å²) in [6.45, 7) is 3.82. The summed E-state index contributed by atoms with van der Waals surface area (Å²) in [4.78, 5) is 15.8. The van der Waals surface area contributed by atoms with Crippen LogP contribution < -0.4 is 5.32 Å². The van der Waals surface area contributed by atoms with E-state index in [9.17, 15) is 9.90 Å². The quantitative estimate of drug-likeness (QED) is 0.867. The summed E-state index contributed by atoms with van der Waals surface area (Å²) in [7, 11) is 0. The van der Waals surface area contributed by atoms with Crippen LogP contribution in [-0.2, 0) is 6.54 Å². The van der Waals surface area contributed by atoms with Crippen molar-refractivity contribution in [2.45, 2.75) is 20.4 Å². The normalized spacial score (nSPS) is 10.3. The average Bonchev–Trinajstić information content (AvgIpc) is 2.72. The second kappa shape index (κ2) is 4.91. The van der Waals surface area contributed by atoms with E-state index in [0.29, 0.717) is 11.7 Å². The molecule has 94 valence electrons. The molecule has 5 heteroatoms. The predicted octanol–water partition coefficient (Wildman–Crippen LogP) is 1.93. The Morgan fingerprint density at radius 2 is 2.22 bits per heavy atom. The van der Waals surface area contributed by atoms with Gasteiger partial charge in [0.1, 0.15) is 11.5 Å². The molecule has 2 rings (SSSR count). The van der Waals surface area contributed by atoms with Gasteiger partial charge in [-0.15, -0.1) is 0 Å². The first kappa shape index (κ1) is 12.2. The number of aromatic hydroxyl groups is 1. The molecule has 1 heterocycles. The van der Waals surface area contributed by atoms with Gasteiger partial charge in [0.05, 0.1) is 18.3 Å². The molecule has 5 nitrogen and oxygen atoms in total. The monoisotopic (exact) mass is 246 g/mol. The van der Waals surface area contributed by atoms with Gasteiger partial charge in [0, 0.05) is 0 Å². The minimum Gasteiger partial charge on any atom is -0.507 e. The number of carbonyl (C=O) groups excluding carboxylic acids is 1. The van der Waals surface area contributed by atoms with Crippen molar-refractivity contribution in [2.75, 3.05) is 0 Å². The molecule has 0 atom stereocenters. The first-order valence-electron chi connectivity index (χ1n) is 5.55. The minimum absolute atomic E-state index is 0.0314. The molecule has 0 aliphatic rings. The van der Waals surface area contributed by atoms with Crippen molar-refractivity contribution >= 4 is 5.91 Å². The van der Waals surface area contributed by atoms with E-state index in [0.717, 1.165) is 5.56 Å². The van der Waals surface area contributed by atoms with Crippen LogP contribution in [0.5, 0.6) is 5.75 Å². The van der Waals surface area contributed by atoms with Gasteiger partial charge in [-0.05, 0) is 31.5 Å². The number of hydrogen-bond acceptors (Lipinski definition) is 4. The number of carbonyl (C=O) groups is 1. The number of phenolic OH excluding ortho intramolecular Hbond substituents is 1. The van der Waals surface area contributed by atoms with Crippen LogP contribution in [0.25, 0.3) is 0 Å². The maximum Gasteiger partial charge on any atom is 0.255 e. The summed E-state index contributed by atoms with van der Waals surface area (Å²) in [6, 6.07) is 4.90. The summed E-state index contributed by atoms with van der Waals surface area (Å²) < 4.78 is 5.23. The summed E-state index contributed by atoms with van der Waals surface area (Å²) in [5, 5.41) is 12.3. The highest BCUT2D eigenvalue weighted by Crippen LogP contribution is 2.18. The number of aromatic nitrogens is 1. The van der Waals surface area contributed by atoms with Crippen molar-refractivity contribution in [1.29, 1.82) is 0 Å². The van der Waals surface area contributed by atoms with Crippen LogP contribution in [0.3, 0.4) is 0 Å². The zero-order valence-corrected chi connectivity index (χ0v) is 10.2. The molecule has 18 heavy (non-hydrogen) atoms. The van der Waals surface area contributed by atoms with Crippen LogP contribution in [0.15, 0.2) is 28.8 Å². The number of benzene rings is 1. The van der Waals surface area contributed by atoms with E-state index < -0.39 is 0 Å². The molecule has 0 saturated heterocycles. The average molecular weight is 246 g/mol. The van der Waals surface area contributed by atoms with Crippen molar-refractivity contribution in [3.8, 4) is 5.75 Å². The van der Waals surface area contributed by atoms with E-state index in [1.165, 1.54) is 0 Å². The van der Waals surface area contributed by atoms with Crippen molar-refractivity contribution in [1.82, 2.24) is 10.3 Å². The van der Waals surface area contributed by atoms with Crippen molar-refractivity contribution in [2.24, 2.45) is 0 Å². The zero-order valence-electron chi connectivity index (χ0n) is 10.2. The van der Waals surface area contributed by atoms with Gasteiger partial charge in [-0.1, -0.05) is 6.07 Å². The highest BCUT2D eigenvalue weighted by molar-refractivity contribution is 5.96. The number of nitrogens with one attached hydrogen (secondary N) is 1. The Kier molecular flexibility index (Phi) is 3.32. The van der Waals surface area contributed by atoms with Crippen LogP contribution in [-0.4, -0.2) is 16.0 Å². The highest BCUT2D eigenvalue weighted by Gasteiger charge is 2.11. The number of nitrogens with zero attached hydrogens (tertiary/aromatic N) is 1. The fourth-order valence-corrected chi connectivity index (χ4v) is 1.57. The Labute approximate surface area is 104 Å². The highest BCUT2D eigenvalue weighted by atomic mass is 16.4. The van der Waals surface area contributed by atoms with Crippen LogP contribution in [0.4, 0.5) is 0 Å². The van der Waals surface area contributed by atoms with Gasteiger partial charge in [0.2, 0.25) is 5.89 Å². The SMILES string of the molecule is Cc1ccc(C(=O)NCc2ncc(C)o2)c(O)c1. The third kappa shape index (κ3) is 2.68. The number of amides is 1. The minimum atomic E-state index is -0.358. The molecule has 1 amide bonds. The molecule has 2 aromatic rings. The van der Waals surface area contributed by atoms with E-state index in [2.05, 4.69) is 10.3 Å². The molecule has 0 aliphatic heterocycles. The van der Waals surface area contributed by atoms with Crippen LogP contribution >= 0.6 is 0 Å². The lowest BCUT2D eigenvalue weighted by Gasteiger charge is -2.05. The molecule has 0 bridgehead atoms. The van der Waals surface area contributed by atoms with E-state index in [-0.39, 0.29) is 23.8 Å². The van der Waals surface area contributed by atoms with E-state index in [4.69, 9.17) is 4.42 Å². The second-order valence-electron chi connectivity index (χ2n) is 4.07. The smallest absolute Gasteiger partial charge is 0.255 e. The standard InChI is InChI=1S/C13H14N2O3/c1-8-3-4-10(11(16)5-8)13(17)15-7-12-14-6-9(2)18-12/h3-6,16H,7H2,1-2H3,(H,15,17). The van der Waals surface area contributed by atoms with E-state index in [1.807, 2.05) is 6.92 Å². The van der Waals surface area contributed by atoms with Gasteiger partial charge in [-0.25, -0.2) is 4.98 Å². The lowest BCUT2D eigenvalue weighted by molar-refractivity contribution is 0.0944. The molecule has 0 unspecified atom stereocenters. The second-order valence-corrected chi connectivity index (χ2v) is 4.07. The van der Waals surface area contributed by atoms with Crippen LogP contribution in [0.2, 0.25) is 0 Å². The molecule has 0 aliphatic carbocycles. The van der Waals surface area contributed by atoms with Crippen LogP contribution in [0, 0.1) is 13.8 Å². The largest absolute Gasteiger partial charge is 0.507 e. The fourth-order valence-electron chi connectivity index (χ4n) is 1.57. The Hall–Kier alpha value is -2.30. The van der Waals surface area contributed by atoms with Gasteiger partial charge in [0.25, 0.3) is 5.91 Å². The Morgan fingerprint density at radius 1 is 1.44 bits per heavy atom. The number of hydrogen-bond donors (Lipinski definition) is 2. The van der Waals surface area contributed by atoms with Gasteiger partial charge in [-0.2, -0.15) is 0 Å². The number of oxazole rings is 1. The van der Waals surface area contributed by atoms with Gasteiger partial charge >= 0.3 is 0 Å². The van der Waals surface area contributed by atoms with Crippen molar-refractivity contribution in [3.05, 3.63) is 47.2 Å². The predicted molar refractivity (Wildman–Crippen MR) is 65.3 cm³/mol. The fraction of sp³-hybridized carbons (Fsp3) is 0.231. The summed E-state index contributed by atoms with van der Waals surface area (Å²) in [5.74, 6) is 0.740. The topological polar surface area (TPSA) is 75.4 Å². The maximum absolute atomic E-state index is 11.8. The maximum atomic E-state index is 11.8. The number of rotatable bonds is 3. The lowest BCUT2D eigenvalue weighted by atomic mass is 10.1. The third-order valence-electron chi connectivity index (χ3n) is 2.47. The molecule has 0 fully saturated rings. The van der Waals surface area contributed by atoms with Gasteiger partial charge in [0.15, 0.2) is 0 Å². The molecule has 0 spiro atoms. The Morgan fingerprint density at radius 3 is 2.83 bits per heavy atom. The molecule has 1 aromatic carbocycles. The summed E-state index contributed by atoms with van der Waals surface area (Å²) in [5.41, 5.74) is 1.14. The number of phenols is 1. The molecular weight excluding hydrogens is 232 g/mol. The first-order chi connectivity index (χ1) is 8.56. The van der Waals surface area contributed by atoms with Crippen molar-refractivity contribution < 1.29 is 14.3 Å². The lowest BCUT2D eigenvalue weighted by Crippen LogP contribution is -2.23. The Balaban J connectivity index is 2.03. The Bertz CT molecular complexity index is 575. The van der Waals surface area contributed by atoms with E-state index in [1.54, 1.807) is 31.3 Å². The molecule has 0 saturated carbocycles. The molecule has 1 aromatic heterocycles. The zero-order chi connectivity index (χ0) is 13.1. The summed E-state index contributed by atoms with van der Waals surface area (Å²) in [6.07, 6.45) is 1.59. The first-order valence-corrected chi connectivity index (χ1v) is 5.55. The van der Waals surface area contributed by atoms with E-state index >= 15 is 0 Å². The summed E-state index contributed by atoms with van der Waals surface area (Å²) >= 11 is 0. The van der Waals surface area contributed by atoms with Gasteiger partial charge < -0.3 is 14.8 Å². The molecular formula is C13H14N2O3. The van der Waals surface area contributed by atoms with Crippen molar-refractivity contribution in [3.63, 3.8) is 0 Å². The van der Waals surface area contributed by atoms with Gasteiger partial charge in [-0.3, -0.25) is 4.79 Å². The number of aryl methyl sites for hydroxylation is 2. The molecule has 2 N–H and O–H groups in total. The third-order valence-corrected chi connectivity index (χ3v) is 2.47. The van der Waals surface area contributed by atoms with Crippen LogP contribution in [0.1, 0.15) is 27.6 Å².